The number of hydrogen-bond acceptors (Lipinski definition) is 3. The average Bonchev–Trinajstić information content (AvgIpc) is 2.23. The summed E-state index contributed by atoms with van der Waals surface area (Å²) in [6.07, 6.45) is 5.01. The number of aryl methyl sites for hydroxylation is 1. The Balaban J connectivity index is 2.16. The molecule has 0 aliphatic carbocycles. The highest BCUT2D eigenvalue weighted by Crippen LogP contribution is 2.13. The van der Waals surface area contributed by atoms with Gasteiger partial charge in [-0.1, -0.05) is 17.7 Å². The molecule has 3 nitrogen and oxygen atoms in total. The first kappa shape index (κ1) is 8.69. The van der Waals surface area contributed by atoms with Crippen LogP contribution < -0.4 is 5.32 Å². The summed E-state index contributed by atoms with van der Waals surface area (Å²) in [5.74, 6) is 0.761. The minimum atomic E-state index is 0.761. The van der Waals surface area contributed by atoms with E-state index in [2.05, 4.69) is 34.3 Å². The van der Waals surface area contributed by atoms with Gasteiger partial charge in [-0.2, -0.15) is 0 Å². The highest BCUT2D eigenvalue weighted by Gasteiger charge is 1.93. The van der Waals surface area contributed by atoms with E-state index in [4.69, 9.17) is 0 Å². The molecule has 14 heavy (non-hydrogen) atoms. The largest absolute Gasteiger partial charge is 0.339 e. The molecule has 0 radical (unpaired) electrons. The van der Waals surface area contributed by atoms with Crippen molar-refractivity contribution in [3.8, 4) is 0 Å². The van der Waals surface area contributed by atoms with Gasteiger partial charge in [0.05, 0.1) is 6.20 Å². The molecule has 3 heteroatoms. The van der Waals surface area contributed by atoms with Crippen LogP contribution in [0.3, 0.4) is 0 Å². The van der Waals surface area contributed by atoms with Crippen LogP contribution in [0.1, 0.15) is 5.56 Å². The van der Waals surface area contributed by atoms with Crippen molar-refractivity contribution in [1.29, 1.82) is 0 Å². The van der Waals surface area contributed by atoms with E-state index in [0.717, 1.165) is 11.5 Å². The second kappa shape index (κ2) is 3.87. The van der Waals surface area contributed by atoms with E-state index in [1.54, 1.807) is 18.6 Å². The summed E-state index contributed by atoms with van der Waals surface area (Å²) in [5.41, 5.74) is 2.27. The van der Waals surface area contributed by atoms with Crippen molar-refractivity contribution in [2.24, 2.45) is 0 Å². The summed E-state index contributed by atoms with van der Waals surface area (Å²) in [7, 11) is 0. The zero-order chi connectivity index (χ0) is 9.80. The van der Waals surface area contributed by atoms with Gasteiger partial charge in [-0.15, -0.1) is 0 Å². The highest BCUT2D eigenvalue weighted by atomic mass is 15.0. The summed E-state index contributed by atoms with van der Waals surface area (Å²) in [5, 5.41) is 3.16. The lowest BCUT2D eigenvalue weighted by Gasteiger charge is -2.04. The van der Waals surface area contributed by atoms with Gasteiger partial charge in [0.2, 0.25) is 0 Å². The Hall–Kier alpha value is -1.90. The lowest BCUT2D eigenvalue weighted by molar-refractivity contribution is 1.20. The Kier molecular flexibility index (Phi) is 2.40. The monoisotopic (exact) mass is 185 g/mol. The number of anilines is 2. The molecule has 0 saturated heterocycles. The number of hydrogen-bond donors (Lipinski definition) is 1. The number of rotatable bonds is 2. The molecule has 0 bridgehead atoms. The van der Waals surface area contributed by atoms with Gasteiger partial charge >= 0.3 is 0 Å². The third kappa shape index (κ3) is 2.07. The molecule has 0 saturated carbocycles. The molecule has 1 N–H and O–H groups in total. The minimum Gasteiger partial charge on any atom is -0.339 e. The maximum Gasteiger partial charge on any atom is 0.148 e. The van der Waals surface area contributed by atoms with E-state index in [1.165, 1.54) is 5.56 Å². The molecule has 0 aliphatic heterocycles. The van der Waals surface area contributed by atoms with Crippen LogP contribution in [-0.4, -0.2) is 9.97 Å². The highest BCUT2D eigenvalue weighted by molar-refractivity contribution is 5.55. The first-order valence-corrected chi connectivity index (χ1v) is 4.44. The smallest absolute Gasteiger partial charge is 0.148 e. The van der Waals surface area contributed by atoms with Gasteiger partial charge in [0.25, 0.3) is 0 Å². The molecule has 0 spiro atoms. The summed E-state index contributed by atoms with van der Waals surface area (Å²) >= 11 is 0. The molecule has 0 amide bonds. The predicted molar refractivity (Wildman–Crippen MR) is 56.5 cm³/mol. The molecule has 0 aliphatic rings. The minimum absolute atomic E-state index is 0.761. The molecule has 2 rings (SSSR count). The molecule has 1 heterocycles. The topological polar surface area (TPSA) is 37.8 Å². The fourth-order valence-corrected chi connectivity index (χ4v) is 1.15. The fraction of sp³-hybridized carbons (Fsp3) is 0.0909. The zero-order valence-electron chi connectivity index (χ0n) is 7.94. The van der Waals surface area contributed by atoms with Crippen molar-refractivity contribution in [1.82, 2.24) is 9.97 Å². The van der Waals surface area contributed by atoms with Crippen LogP contribution in [0.25, 0.3) is 0 Å². The maximum atomic E-state index is 4.12. The molecule has 1 aromatic carbocycles. The normalized spacial score (nSPS) is 9.79. The Morgan fingerprint density at radius 1 is 1.07 bits per heavy atom. The quantitative estimate of drug-likeness (QED) is 0.781. The van der Waals surface area contributed by atoms with Gasteiger partial charge in [-0.3, -0.25) is 4.98 Å². The van der Waals surface area contributed by atoms with Crippen LogP contribution in [-0.2, 0) is 0 Å². The van der Waals surface area contributed by atoms with Crippen LogP contribution in [0.4, 0.5) is 11.5 Å². The molecule has 1 aromatic heterocycles. The third-order valence-corrected chi connectivity index (χ3v) is 1.89. The summed E-state index contributed by atoms with van der Waals surface area (Å²) < 4.78 is 0. The van der Waals surface area contributed by atoms with Crippen LogP contribution in [0.2, 0.25) is 0 Å². The first-order chi connectivity index (χ1) is 6.84. The lowest BCUT2D eigenvalue weighted by atomic mass is 10.2. The Labute approximate surface area is 82.8 Å². The Morgan fingerprint density at radius 3 is 2.50 bits per heavy atom. The third-order valence-electron chi connectivity index (χ3n) is 1.89. The van der Waals surface area contributed by atoms with E-state index in [1.807, 2.05) is 12.1 Å². The van der Waals surface area contributed by atoms with Gasteiger partial charge in [0.15, 0.2) is 0 Å². The van der Waals surface area contributed by atoms with Gasteiger partial charge in [-0.05, 0) is 19.1 Å². The van der Waals surface area contributed by atoms with E-state index >= 15 is 0 Å². The molecular weight excluding hydrogens is 174 g/mol. The fourth-order valence-electron chi connectivity index (χ4n) is 1.15. The first-order valence-electron chi connectivity index (χ1n) is 4.44. The maximum absolute atomic E-state index is 4.12. The van der Waals surface area contributed by atoms with Crippen molar-refractivity contribution >= 4 is 11.5 Å². The molecule has 0 fully saturated rings. The number of benzene rings is 1. The predicted octanol–water partition coefficient (Wildman–Crippen LogP) is 2.53. The van der Waals surface area contributed by atoms with Crippen molar-refractivity contribution in [3.05, 3.63) is 48.4 Å². The zero-order valence-corrected chi connectivity index (χ0v) is 7.94. The molecule has 0 atom stereocenters. The average molecular weight is 185 g/mol. The van der Waals surface area contributed by atoms with Crippen molar-refractivity contribution in [3.63, 3.8) is 0 Å². The van der Waals surface area contributed by atoms with Gasteiger partial charge in [-0.25, -0.2) is 4.98 Å². The van der Waals surface area contributed by atoms with Gasteiger partial charge < -0.3 is 5.32 Å². The SMILES string of the molecule is Cc1ccc(Nc2cnccn2)cc1. The molecular formula is C11H11N3. The Bertz CT molecular complexity index is 395. The van der Waals surface area contributed by atoms with Crippen LogP contribution >= 0.6 is 0 Å². The molecule has 70 valence electrons. The standard InChI is InChI=1S/C11H11N3/c1-9-2-4-10(5-3-9)14-11-8-12-6-7-13-11/h2-8H,1H3,(H,13,14). The van der Waals surface area contributed by atoms with Gasteiger partial charge in [0, 0.05) is 18.1 Å². The van der Waals surface area contributed by atoms with E-state index in [9.17, 15) is 0 Å². The van der Waals surface area contributed by atoms with Crippen LogP contribution in [0.5, 0.6) is 0 Å². The van der Waals surface area contributed by atoms with Crippen LogP contribution in [0.15, 0.2) is 42.9 Å². The van der Waals surface area contributed by atoms with Crippen molar-refractivity contribution in [2.45, 2.75) is 6.92 Å². The molecule has 2 aromatic rings. The van der Waals surface area contributed by atoms with Crippen LogP contribution in [0, 0.1) is 6.92 Å². The summed E-state index contributed by atoms with van der Waals surface area (Å²) in [6.45, 7) is 2.06. The summed E-state index contributed by atoms with van der Waals surface area (Å²) in [4.78, 5) is 8.10. The number of nitrogens with one attached hydrogen (secondary N) is 1. The Morgan fingerprint density at radius 2 is 1.86 bits per heavy atom. The van der Waals surface area contributed by atoms with E-state index in [0.29, 0.717) is 0 Å². The van der Waals surface area contributed by atoms with Crippen molar-refractivity contribution in [2.75, 3.05) is 5.32 Å². The lowest BCUT2D eigenvalue weighted by Crippen LogP contribution is -1.93. The number of aromatic nitrogens is 2. The van der Waals surface area contributed by atoms with E-state index in [-0.39, 0.29) is 0 Å². The second-order valence-electron chi connectivity index (χ2n) is 3.08. The van der Waals surface area contributed by atoms with E-state index < -0.39 is 0 Å². The molecule has 0 unspecified atom stereocenters. The van der Waals surface area contributed by atoms with Gasteiger partial charge in [0.1, 0.15) is 5.82 Å². The second-order valence-corrected chi connectivity index (χ2v) is 3.08. The van der Waals surface area contributed by atoms with Crippen molar-refractivity contribution < 1.29 is 0 Å². The summed E-state index contributed by atoms with van der Waals surface area (Å²) in [6, 6.07) is 8.14. The number of nitrogens with zero attached hydrogens (tertiary/aromatic N) is 2.